The van der Waals surface area contributed by atoms with Crippen molar-refractivity contribution < 1.29 is 24.9 Å². The summed E-state index contributed by atoms with van der Waals surface area (Å²) in [6.07, 6.45) is 11.2. The largest absolute Gasteiger partial charge is 0.507 e. The van der Waals surface area contributed by atoms with Crippen molar-refractivity contribution in [2.75, 3.05) is 0 Å². The van der Waals surface area contributed by atoms with Crippen LogP contribution < -0.4 is 0 Å². The summed E-state index contributed by atoms with van der Waals surface area (Å²) in [4.78, 5) is 46.6. The number of aromatic hydroxyl groups is 1. The zero-order valence-corrected chi connectivity index (χ0v) is 36.5. The number of nitrogens with zero attached hydrogens (tertiary/aromatic N) is 5. The van der Waals surface area contributed by atoms with Gasteiger partial charge in [-0.15, -0.1) is 4.91 Å². The van der Waals surface area contributed by atoms with Crippen LogP contribution in [0.15, 0.2) is 151 Å². The van der Waals surface area contributed by atoms with Crippen LogP contribution >= 0.6 is 0 Å². The number of fused-ring (bicyclic) bond motifs is 16. The number of benzene rings is 8. The fraction of sp³-hybridized carbons (Fsp3) is 0.103. The second-order valence-electron chi connectivity index (χ2n) is 18.7. The van der Waals surface area contributed by atoms with E-state index in [1.807, 2.05) is 12.1 Å². The number of aromatic carboxylic acids is 2. The van der Waals surface area contributed by atoms with Gasteiger partial charge in [0.1, 0.15) is 28.6 Å². The van der Waals surface area contributed by atoms with Gasteiger partial charge in [-0.2, -0.15) is 0 Å². The van der Waals surface area contributed by atoms with E-state index in [1.54, 1.807) is 12.1 Å². The Morgan fingerprint density at radius 2 is 1.03 bits per heavy atom. The van der Waals surface area contributed by atoms with Crippen LogP contribution in [0.2, 0.25) is 0 Å². The molecule has 0 bridgehead atoms. The van der Waals surface area contributed by atoms with Crippen LogP contribution in [0.3, 0.4) is 0 Å². The Balaban J connectivity index is 0.920. The number of rotatable bonds is 8. The zero-order valence-electron chi connectivity index (χ0n) is 36.5. The van der Waals surface area contributed by atoms with Gasteiger partial charge in [0.25, 0.3) is 0 Å². The van der Waals surface area contributed by atoms with Crippen LogP contribution in [0, 0.1) is 16.7 Å². The molecule has 330 valence electrons. The van der Waals surface area contributed by atoms with E-state index in [1.165, 1.54) is 46.2 Å². The molecule has 2 heterocycles. The third-order valence-electron chi connectivity index (χ3n) is 14.9. The Bertz CT molecular complexity index is 4030. The predicted molar refractivity (Wildman–Crippen MR) is 268 cm³/mol. The number of allylic oxidation sites excluding steroid dienone is 2. The molecule has 69 heavy (non-hydrogen) atoms. The molecule has 4 aliphatic carbocycles. The van der Waals surface area contributed by atoms with Gasteiger partial charge in [0.05, 0.1) is 27.6 Å². The molecule has 8 aromatic carbocycles. The fourth-order valence-corrected chi connectivity index (χ4v) is 11.5. The normalized spacial score (nSPS) is 18.3. The second kappa shape index (κ2) is 14.3. The molecule has 2 aromatic heterocycles. The van der Waals surface area contributed by atoms with E-state index >= 15 is 0 Å². The summed E-state index contributed by atoms with van der Waals surface area (Å²) in [6.45, 7) is 0. The lowest BCUT2D eigenvalue weighted by Crippen LogP contribution is -2.03. The number of carbonyl (C=O) groups is 2. The topological polar surface area (TPSA) is 160 Å². The van der Waals surface area contributed by atoms with Crippen LogP contribution in [0.25, 0.3) is 101 Å². The molecule has 11 heteroatoms. The number of hydrogen-bond donors (Lipinski definition) is 3. The molecule has 3 N–H and O–H groups in total. The van der Waals surface area contributed by atoms with E-state index in [-0.39, 0.29) is 22.6 Å². The third-order valence-corrected chi connectivity index (χ3v) is 14.9. The number of phenols is 1. The van der Waals surface area contributed by atoms with Gasteiger partial charge in [-0.1, -0.05) is 109 Å². The molecule has 14 rings (SSSR count). The van der Waals surface area contributed by atoms with Crippen LogP contribution in [0.4, 0.5) is 5.69 Å². The van der Waals surface area contributed by atoms with Crippen molar-refractivity contribution in [3.63, 3.8) is 0 Å². The highest BCUT2D eigenvalue weighted by Crippen LogP contribution is 2.58. The van der Waals surface area contributed by atoms with Crippen LogP contribution in [-0.4, -0.2) is 46.4 Å². The van der Waals surface area contributed by atoms with Gasteiger partial charge in [-0.3, -0.25) is 9.13 Å². The number of carboxylic acids is 2. The van der Waals surface area contributed by atoms with E-state index in [2.05, 4.69) is 124 Å². The Hall–Kier alpha value is -8.96. The van der Waals surface area contributed by atoms with Crippen molar-refractivity contribution >= 4 is 73.4 Å². The average Bonchev–Trinajstić information content (AvgIpc) is 4.28. The molecule has 4 atom stereocenters. The number of imidazole rings is 2. The van der Waals surface area contributed by atoms with Gasteiger partial charge in [0, 0.05) is 44.4 Å². The Morgan fingerprint density at radius 3 is 1.62 bits per heavy atom. The summed E-state index contributed by atoms with van der Waals surface area (Å²) in [7, 11) is 0. The molecule has 2 saturated carbocycles. The van der Waals surface area contributed by atoms with E-state index in [0.717, 1.165) is 79.3 Å². The highest BCUT2D eigenvalue weighted by molar-refractivity contribution is 6.14. The molecule has 2 fully saturated rings. The van der Waals surface area contributed by atoms with Crippen molar-refractivity contribution in [2.24, 2.45) is 17.0 Å². The van der Waals surface area contributed by atoms with E-state index in [9.17, 15) is 29.8 Å². The smallest absolute Gasteiger partial charge is 0.339 e. The minimum absolute atomic E-state index is 0.170. The van der Waals surface area contributed by atoms with Gasteiger partial charge in [0.2, 0.25) is 0 Å². The molecular weight excluding hydrogens is 863 g/mol. The quantitative estimate of drug-likeness (QED) is 0.127. The second-order valence-corrected chi connectivity index (χ2v) is 18.7. The summed E-state index contributed by atoms with van der Waals surface area (Å²) < 4.78 is 4.24. The molecule has 0 amide bonds. The lowest BCUT2D eigenvalue weighted by molar-refractivity contribution is 0.0684. The number of hydrogen-bond acceptors (Lipinski definition) is 7. The third kappa shape index (κ3) is 5.73. The van der Waals surface area contributed by atoms with Gasteiger partial charge < -0.3 is 15.3 Å². The van der Waals surface area contributed by atoms with Gasteiger partial charge >= 0.3 is 11.9 Å². The Morgan fingerprint density at radius 1 is 0.536 bits per heavy atom. The Kier molecular flexibility index (Phi) is 8.12. The molecule has 0 spiro atoms. The standard InChI is InChI=1S/C58H37N5O6/c64-48-28-34(16-22-42(48)58(67)68)56-59-51-39-7-3-1-5-37(39)50-44(24-14-32-26-46(32)50)54(51)63(56)36-19-11-30(12-20-36)29-9-17-35(18-10-29)62-53-40-8-4-2-6-38(40)49-43(23-13-31-25-45(31)49)52(53)60-55(62)33-15-21-41(57(65)66)47(27-33)61-69/h1-24,27-28,31-32,45-46,64H,25-26H2,(H,65,66)(H,67,68). The molecule has 0 radical (unpaired) electrons. The van der Waals surface area contributed by atoms with Crippen molar-refractivity contribution in [3.8, 4) is 51.0 Å². The maximum Gasteiger partial charge on any atom is 0.339 e. The number of carboxylic acid groups (broad SMARTS) is 2. The highest BCUT2D eigenvalue weighted by atomic mass is 16.4. The first-order chi connectivity index (χ1) is 33.7. The average molecular weight is 900 g/mol. The summed E-state index contributed by atoms with van der Waals surface area (Å²) >= 11 is 0. The van der Waals surface area contributed by atoms with Crippen LogP contribution in [0.1, 0.15) is 67.6 Å². The lowest BCUT2D eigenvalue weighted by Gasteiger charge is -2.18. The maximum atomic E-state index is 12.0. The van der Waals surface area contributed by atoms with E-state index < -0.39 is 11.9 Å². The number of nitroso groups, excluding NO2 is 1. The molecule has 4 aliphatic rings. The number of aromatic nitrogens is 4. The molecule has 0 saturated heterocycles. The summed E-state index contributed by atoms with van der Waals surface area (Å²) in [5.74, 6) is 0.273. The minimum atomic E-state index is -1.23. The summed E-state index contributed by atoms with van der Waals surface area (Å²) in [6, 6.07) is 42.6. The van der Waals surface area contributed by atoms with Crippen LogP contribution in [-0.2, 0) is 0 Å². The van der Waals surface area contributed by atoms with Crippen molar-refractivity contribution in [1.82, 2.24) is 19.1 Å². The highest BCUT2D eigenvalue weighted by Gasteiger charge is 2.43. The van der Waals surface area contributed by atoms with Gasteiger partial charge in [-0.25, -0.2) is 19.6 Å². The van der Waals surface area contributed by atoms with Crippen LogP contribution in [0.5, 0.6) is 5.75 Å². The van der Waals surface area contributed by atoms with Gasteiger partial charge in [-0.05, 0) is 123 Å². The molecule has 4 unspecified atom stereocenters. The van der Waals surface area contributed by atoms with Crippen molar-refractivity contribution in [3.05, 3.63) is 184 Å². The Labute approximate surface area is 392 Å². The summed E-state index contributed by atoms with van der Waals surface area (Å²) in [5.41, 5.74) is 12.6. The molecular formula is C58H37N5O6. The predicted octanol–water partition coefficient (Wildman–Crippen LogP) is 13.4. The van der Waals surface area contributed by atoms with E-state index in [0.29, 0.717) is 46.4 Å². The first-order valence-corrected chi connectivity index (χ1v) is 23.0. The molecule has 0 aliphatic heterocycles. The minimum Gasteiger partial charge on any atom is -0.507 e. The fourth-order valence-electron chi connectivity index (χ4n) is 11.5. The van der Waals surface area contributed by atoms with Crippen molar-refractivity contribution in [1.29, 1.82) is 0 Å². The zero-order chi connectivity index (χ0) is 46.4. The SMILES string of the molecule is O=Nc1cc(-c2nc3c4c(c5ccccc5c3n2-c2ccc(-c3ccc(-n5c(-c6ccc(C(=O)O)c(O)c6)nc6c7ccccc7c7c(c65)C=CC5CC75)cc3)cc2)C2CC2C=C4)ccc1C(=O)O. The monoisotopic (exact) mass is 899 g/mol. The van der Waals surface area contributed by atoms with Crippen molar-refractivity contribution in [2.45, 2.75) is 24.7 Å². The first kappa shape index (κ1) is 39.2. The summed E-state index contributed by atoms with van der Waals surface area (Å²) in [5, 5.41) is 38.1. The first-order valence-electron chi connectivity index (χ1n) is 23.0. The van der Waals surface area contributed by atoms with E-state index in [4.69, 9.17) is 9.97 Å². The van der Waals surface area contributed by atoms with Gasteiger partial charge in [0.15, 0.2) is 0 Å². The molecule has 11 nitrogen and oxygen atoms in total. The maximum absolute atomic E-state index is 12.0. The lowest BCUT2D eigenvalue weighted by atomic mass is 9.90. The molecule has 10 aromatic rings.